The van der Waals surface area contributed by atoms with Crippen molar-refractivity contribution >= 4 is 34.2 Å². The molecule has 9 heteroatoms. The Labute approximate surface area is 171 Å². The molecular formula is C21H16N8O. The van der Waals surface area contributed by atoms with Crippen LogP contribution >= 0.6 is 0 Å². The van der Waals surface area contributed by atoms with Gasteiger partial charge in [-0.05, 0) is 43.3 Å². The molecule has 0 saturated heterocycles. The second-order valence-electron chi connectivity index (χ2n) is 6.50. The minimum absolute atomic E-state index is 0.445. The van der Waals surface area contributed by atoms with Gasteiger partial charge < -0.3 is 15.2 Å². The Morgan fingerprint density at radius 2 is 1.70 bits per heavy atom. The Balaban J connectivity index is 1.40. The third-order valence-corrected chi connectivity index (χ3v) is 4.46. The Kier molecular flexibility index (Phi) is 4.45. The number of nitrogens with zero attached hydrogens (tertiary/aromatic N) is 6. The average molecular weight is 396 g/mol. The van der Waals surface area contributed by atoms with Crippen LogP contribution in [0.15, 0.2) is 71.9 Å². The number of pyridine rings is 1. The van der Waals surface area contributed by atoms with E-state index in [0.717, 1.165) is 33.7 Å². The second-order valence-corrected chi connectivity index (χ2v) is 6.50. The van der Waals surface area contributed by atoms with Crippen LogP contribution in [-0.4, -0.2) is 30.1 Å². The summed E-state index contributed by atoms with van der Waals surface area (Å²) in [5, 5.41) is 11.2. The number of aryl methyl sites for hydroxylation is 1. The molecule has 0 aliphatic heterocycles. The van der Waals surface area contributed by atoms with E-state index in [-0.39, 0.29) is 0 Å². The number of hydrogen-bond donors (Lipinski definition) is 2. The van der Waals surface area contributed by atoms with Gasteiger partial charge in [-0.3, -0.25) is 4.98 Å². The normalized spacial score (nSPS) is 10.8. The Bertz CT molecular complexity index is 1320. The summed E-state index contributed by atoms with van der Waals surface area (Å²) in [5.41, 5.74) is 4.63. The predicted octanol–water partition coefficient (Wildman–Crippen LogP) is 4.27. The van der Waals surface area contributed by atoms with E-state index in [2.05, 4.69) is 40.7 Å². The Morgan fingerprint density at radius 3 is 2.57 bits per heavy atom. The van der Waals surface area contributed by atoms with Crippen molar-refractivity contribution in [2.75, 3.05) is 10.6 Å². The highest BCUT2D eigenvalue weighted by Crippen LogP contribution is 2.27. The lowest BCUT2D eigenvalue weighted by Gasteiger charge is -2.10. The molecule has 4 aromatic heterocycles. The smallest absolute Gasteiger partial charge is 0.263 e. The topological polar surface area (TPSA) is 115 Å². The van der Waals surface area contributed by atoms with Crippen LogP contribution in [-0.2, 0) is 0 Å². The molecule has 5 rings (SSSR count). The van der Waals surface area contributed by atoms with Gasteiger partial charge in [-0.2, -0.15) is 4.98 Å². The van der Waals surface area contributed by atoms with E-state index in [1.165, 1.54) is 6.33 Å². The minimum Gasteiger partial charge on any atom is -0.339 e. The molecule has 0 fully saturated rings. The number of anilines is 4. The van der Waals surface area contributed by atoms with Crippen LogP contribution in [0.4, 0.5) is 23.1 Å². The van der Waals surface area contributed by atoms with E-state index in [0.29, 0.717) is 17.5 Å². The van der Waals surface area contributed by atoms with Gasteiger partial charge in [-0.15, -0.1) is 0 Å². The van der Waals surface area contributed by atoms with Crippen molar-refractivity contribution in [1.29, 1.82) is 0 Å². The lowest BCUT2D eigenvalue weighted by atomic mass is 10.2. The fraction of sp³-hybridized carbons (Fsp3) is 0.0476. The lowest BCUT2D eigenvalue weighted by molar-refractivity contribution is 0.442. The van der Waals surface area contributed by atoms with Crippen LogP contribution in [0.2, 0.25) is 0 Å². The summed E-state index contributed by atoms with van der Waals surface area (Å²) in [5.74, 6) is 1.13. The van der Waals surface area contributed by atoms with E-state index < -0.39 is 0 Å². The van der Waals surface area contributed by atoms with Gasteiger partial charge in [0.1, 0.15) is 17.5 Å². The van der Waals surface area contributed by atoms with Gasteiger partial charge in [0.05, 0.1) is 11.4 Å². The zero-order chi connectivity index (χ0) is 20.3. The minimum atomic E-state index is 0.445. The molecule has 0 unspecified atom stereocenters. The molecule has 1 aromatic carbocycles. The molecule has 0 bridgehead atoms. The summed E-state index contributed by atoms with van der Waals surface area (Å²) in [6, 6.07) is 13.4. The van der Waals surface area contributed by atoms with Gasteiger partial charge in [-0.25, -0.2) is 15.0 Å². The van der Waals surface area contributed by atoms with Gasteiger partial charge in [0.15, 0.2) is 0 Å². The van der Waals surface area contributed by atoms with Crippen LogP contribution in [0.25, 0.3) is 22.4 Å². The van der Waals surface area contributed by atoms with Crippen molar-refractivity contribution in [1.82, 2.24) is 30.1 Å². The van der Waals surface area contributed by atoms with Crippen LogP contribution in [0.5, 0.6) is 0 Å². The fourth-order valence-electron chi connectivity index (χ4n) is 3.06. The first-order chi connectivity index (χ1) is 14.8. The molecule has 0 amide bonds. The molecule has 146 valence electrons. The average Bonchev–Trinajstić information content (AvgIpc) is 3.17. The highest BCUT2D eigenvalue weighted by molar-refractivity contribution is 5.89. The summed E-state index contributed by atoms with van der Waals surface area (Å²) in [4.78, 5) is 21.4. The highest BCUT2D eigenvalue weighted by Gasteiger charge is 2.12. The lowest BCUT2D eigenvalue weighted by Crippen LogP contribution is -1.99. The third kappa shape index (κ3) is 3.51. The summed E-state index contributed by atoms with van der Waals surface area (Å²) in [7, 11) is 0. The molecule has 2 N–H and O–H groups in total. The number of nitrogens with one attached hydrogen (secondary N) is 2. The third-order valence-electron chi connectivity index (χ3n) is 4.46. The van der Waals surface area contributed by atoms with Crippen molar-refractivity contribution in [3.05, 3.63) is 73.1 Å². The van der Waals surface area contributed by atoms with Gasteiger partial charge >= 0.3 is 0 Å². The molecular weight excluding hydrogens is 380 g/mol. The second kappa shape index (κ2) is 7.55. The molecule has 0 spiro atoms. The molecule has 0 aliphatic rings. The van der Waals surface area contributed by atoms with Gasteiger partial charge in [-0.1, -0.05) is 11.2 Å². The summed E-state index contributed by atoms with van der Waals surface area (Å²) >= 11 is 0. The maximum Gasteiger partial charge on any atom is 0.263 e. The van der Waals surface area contributed by atoms with Gasteiger partial charge in [0.25, 0.3) is 5.71 Å². The van der Waals surface area contributed by atoms with Crippen LogP contribution in [0, 0.1) is 6.92 Å². The Hall–Kier alpha value is -4.40. The van der Waals surface area contributed by atoms with Crippen LogP contribution in [0.1, 0.15) is 5.69 Å². The molecule has 4 heterocycles. The van der Waals surface area contributed by atoms with E-state index >= 15 is 0 Å². The molecule has 5 aromatic rings. The van der Waals surface area contributed by atoms with E-state index in [1.54, 1.807) is 18.6 Å². The predicted molar refractivity (Wildman–Crippen MR) is 113 cm³/mol. The zero-order valence-electron chi connectivity index (χ0n) is 15.9. The maximum atomic E-state index is 5.20. The van der Waals surface area contributed by atoms with Crippen molar-refractivity contribution in [3.8, 4) is 11.3 Å². The largest absolute Gasteiger partial charge is 0.339 e. The first-order valence-electron chi connectivity index (χ1n) is 9.21. The van der Waals surface area contributed by atoms with Crippen molar-refractivity contribution < 1.29 is 4.52 Å². The maximum absolute atomic E-state index is 5.20. The molecule has 30 heavy (non-hydrogen) atoms. The molecule has 0 saturated carbocycles. The SMILES string of the molecule is Cc1noc2ncnc(Nc3cccc(Nc4nccc(-c5ccncc5)n4)c3)c12. The first kappa shape index (κ1) is 17.7. The van der Waals surface area contributed by atoms with Crippen molar-refractivity contribution in [2.24, 2.45) is 0 Å². The first-order valence-corrected chi connectivity index (χ1v) is 9.21. The number of aromatic nitrogens is 6. The molecule has 0 radical (unpaired) electrons. The van der Waals surface area contributed by atoms with E-state index in [1.807, 2.05) is 49.4 Å². The van der Waals surface area contributed by atoms with Crippen LogP contribution < -0.4 is 10.6 Å². The fourth-order valence-corrected chi connectivity index (χ4v) is 3.06. The van der Waals surface area contributed by atoms with Crippen molar-refractivity contribution in [3.63, 3.8) is 0 Å². The summed E-state index contributed by atoms with van der Waals surface area (Å²) in [6.45, 7) is 1.85. The Morgan fingerprint density at radius 1 is 0.867 bits per heavy atom. The molecule has 0 aliphatic carbocycles. The number of hydrogen-bond acceptors (Lipinski definition) is 9. The number of benzene rings is 1. The zero-order valence-corrected chi connectivity index (χ0v) is 15.9. The number of fused-ring (bicyclic) bond motifs is 1. The molecule has 0 atom stereocenters. The van der Waals surface area contributed by atoms with Gasteiger partial charge in [0.2, 0.25) is 5.95 Å². The highest BCUT2D eigenvalue weighted by atomic mass is 16.5. The summed E-state index contributed by atoms with van der Waals surface area (Å²) in [6.07, 6.45) is 6.64. The van der Waals surface area contributed by atoms with Gasteiger partial charge in [0, 0.05) is 35.5 Å². The monoisotopic (exact) mass is 396 g/mol. The molecule has 9 nitrogen and oxygen atoms in total. The van der Waals surface area contributed by atoms with Crippen molar-refractivity contribution in [2.45, 2.75) is 6.92 Å². The van der Waals surface area contributed by atoms with E-state index in [4.69, 9.17) is 4.52 Å². The standard InChI is InChI=1S/C21H16N8O/c1-13-18-19(24-12-25-20(18)30-29-13)26-15-3-2-4-16(11-15)27-21-23-10-7-17(28-21)14-5-8-22-9-6-14/h2-12H,1H3,(H,23,27,28)(H,24,25,26). The number of rotatable bonds is 5. The van der Waals surface area contributed by atoms with E-state index in [9.17, 15) is 0 Å². The van der Waals surface area contributed by atoms with Crippen LogP contribution in [0.3, 0.4) is 0 Å². The summed E-state index contributed by atoms with van der Waals surface area (Å²) < 4.78 is 5.20. The quantitative estimate of drug-likeness (QED) is 0.449.